The largest absolute Gasteiger partial charge is 0.462 e. The van der Waals surface area contributed by atoms with E-state index in [1.165, 1.54) is 231 Å². The van der Waals surface area contributed by atoms with Gasteiger partial charge in [-0.1, -0.05) is 297 Å². The van der Waals surface area contributed by atoms with Gasteiger partial charge in [0.05, 0.1) is 0 Å². The zero-order valence-electron chi connectivity index (χ0n) is 44.5. The molecular formula is C59H114O6. The Bertz CT molecular complexity index is 980. The van der Waals surface area contributed by atoms with E-state index in [9.17, 15) is 14.4 Å². The Morgan fingerprint density at radius 3 is 0.754 bits per heavy atom. The third kappa shape index (κ3) is 53.2. The molecule has 0 fully saturated rings. The van der Waals surface area contributed by atoms with E-state index in [2.05, 4.69) is 27.7 Å². The maximum Gasteiger partial charge on any atom is 0.306 e. The Labute approximate surface area is 406 Å². The van der Waals surface area contributed by atoms with E-state index >= 15 is 0 Å². The quantitative estimate of drug-likeness (QED) is 0.0344. The number of rotatable bonds is 54. The van der Waals surface area contributed by atoms with Gasteiger partial charge in [-0.15, -0.1) is 0 Å². The Hall–Kier alpha value is -1.59. The third-order valence-electron chi connectivity index (χ3n) is 13.5. The molecule has 6 nitrogen and oxygen atoms in total. The van der Waals surface area contributed by atoms with Crippen LogP contribution in [0.25, 0.3) is 0 Å². The summed E-state index contributed by atoms with van der Waals surface area (Å²) in [5, 5.41) is 0. The zero-order valence-corrected chi connectivity index (χ0v) is 44.5. The Kier molecular flexibility index (Phi) is 52.1. The van der Waals surface area contributed by atoms with Crippen LogP contribution in [0.5, 0.6) is 0 Å². The van der Waals surface area contributed by atoms with Gasteiger partial charge < -0.3 is 14.2 Å². The second-order valence-corrected chi connectivity index (χ2v) is 20.8. The van der Waals surface area contributed by atoms with Crippen LogP contribution in [-0.4, -0.2) is 37.2 Å². The highest BCUT2D eigenvalue weighted by Crippen LogP contribution is 2.18. The molecule has 0 N–H and O–H groups in total. The minimum atomic E-state index is -0.762. The molecule has 0 spiro atoms. The molecule has 0 radical (unpaired) electrons. The molecule has 0 aromatic carbocycles. The van der Waals surface area contributed by atoms with E-state index in [1.54, 1.807) is 0 Å². The number of carbonyl (C=O) groups is 3. The predicted octanol–water partition coefficient (Wildman–Crippen LogP) is 19.4. The van der Waals surface area contributed by atoms with Crippen LogP contribution < -0.4 is 0 Å². The summed E-state index contributed by atoms with van der Waals surface area (Å²) in [6.07, 6.45) is 58.1. The van der Waals surface area contributed by atoms with Gasteiger partial charge in [0, 0.05) is 19.3 Å². The first kappa shape index (κ1) is 63.4. The Morgan fingerprint density at radius 2 is 0.508 bits per heavy atom. The standard InChI is InChI=1S/C59H114O6/c1-5-7-9-11-13-15-17-19-21-22-23-25-27-31-36-40-44-48-52-59(62)65-56(54-64-58(61)51-47-43-39-35-32-28-29-33-37-41-45-49-55(3)4)53-63-57(60)50-46-42-38-34-30-26-24-20-18-16-14-12-10-8-6-2/h55-56H,5-54H2,1-4H3/t56-/m1/s1. The van der Waals surface area contributed by atoms with Crippen molar-refractivity contribution in [1.29, 1.82) is 0 Å². The van der Waals surface area contributed by atoms with Crippen LogP contribution in [0, 0.1) is 5.92 Å². The highest BCUT2D eigenvalue weighted by molar-refractivity contribution is 5.71. The molecule has 0 saturated carbocycles. The number of hydrogen-bond acceptors (Lipinski definition) is 6. The third-order valence-corrected chi connectivity index (χ3v) is 13.5. The smallest absolute Gasteiger partial charge is 0.306 e. The fourth-order valence-corrected chi connectivity index (χ4v) is 9.10. The number of carbonyl (C=O) groups excluding carboxylic acids is 3. The maximum absolute atomic E-state index is 12.9. The minimum absolute atomic E-state index is 0.0618. The van der Waals surface area contributed by atoms with Gasteiger partial charge in [0.1, 0.15) is 13.2 Å². The lowest BCUT2D eigenvalue weighted by molar-refractivity contribution is -0.167. The zero-order chi connectivity index (χ0) is 47.4. The van der Waals surface area contributed by atoms with Crippen molar-refractivity contribution in [2.24, 2.45) is 5.92 Å². The second kappa shape index (κ2) is 53.4. The van der Waals surface area contributed by atoms with Gasteiger partial charge in [0.15, 0.2) is 6.10 Å². The van der Waals surface area contributed by atoms with Crippen LogP contribution in [0.1, 0.15) is 336 Å². The van der Waals surface area contributed by atoms with Crippen molar-refractivity contribution in [1.82, 2.24) is 0 Å². The van der Waals surface area contributed by atoms with Crippen molar-refractivity contribution in [2.45, 2.75) is 342 Å². The average Bonchev–Trinajstić information content (AvgIpc) is 3.29. The fraction of sp³-hybridized carbons (Fsp3) is 0.949. The Morgan fingerprint density at radius 1 is 0.292 bits per heavy atom. The van der Waals surface area contributed by atoms with E-state index in [0.29, 0.717) is 19.3 Å². The molecule has 0 bridgehead atoms. The molecule has 0 aliphatic rings. The molecule has 6 heteroatoms. The van der Waals surface area contributed by atoms with Crippen molar-refractivity contribution in [3.63, 3.8) is 0 Å². The molecule has 65 heavy (non-hydrogen) atoms. The summed E-state index contributed by atoms with van der Waals surface area (Å²) in [7, 11) is 0. The van der Waals surface area contributed by atoms with Gasteiger partial charge in [0.25, 0.3) is 0 Å². The van der Waals surface area contributed by atoms with Gasteiger partial charge in [-0.3, -0.25) is 14.4 Å². The Balaban J connectivity index is 4.29. The predicted molar refractivity (Wildman–Crippen MR) is 280 cm³/mol. The van der Waals surface area contributed by atoms with Crippen molar-refractivity contribution in [2.75, 3.05) is 13.2 Å². The average molecular weight is 920 g/mol. The summed E-state index contributed by atoms with van der Waals surface area (Å²) in [6, 6.07) is 0. The molecule has 1 atom stereocenters. The number of ether oxygens (including phenoxy) is 3. The molecule has 0 saturated heterocycles. The molecular weight excluding hydrogens is 805 g/mol. The first-order valence-electron chi connectivity index (χ1n) is 29.4. The van der Waals surface area contributed by atoms with E-state index < -0.39 is 6.10 Å². The van der Waals surface area contributed by atoms with Crippen molar-refractivity contribution in [3.05, 3.63) is 0 Å². The molecule has 0 aliphatic carbocycles. The van der Waals surface area contributed by atoms with Crippen molar-refractivity contribution >= 4 is 17.9 Å². The first-order chi connectivity index (χ1) is 31.9. The van der Waals surface area contributed by atoms with Crippen LogP contribution in [0.2, 0.25) is 0 Å². The lowest BCUT2D eigenvalue weighted by Gasteiger charge is -2.18. The maximum atomic E-state index is 12.9. The van der Waals surface area contributed by atoms with Gasteiger partial charge in [0.2, 0.25) is 0 Å². The summed E-state index contributed by atoms with van der Waals surface area (Å²) < 4.78 is 16.9. The summed E-state index contributed by atoms with van der Waals surface area (Å²) in [5.74, 6) is -0.00767. The molecule has 0 amide bonds. The number of unbranched alkanes of at least 4 members (excludes halogenated alkanes) is 41. The molecule has 0 unspecified atom stereocenters. The highest BCUT2D eigenvalue weighted by atomic mass is 16.6. The normalized spacial score (nSPS) is 12.0. The molecule has 0 heterocycles. The van der Waals surface area contributed by atoms with Crippen molar-refractivity contribution in [3.8, 4) is 0 Å². The van der Waals surface area contributed by atoms with Gasteiger partial charge in [-0.05, 0) is 25.2 Å². The molecule has 0 aliphatic heterocycles. The van der Waals surface area contributed by atoms with Gasteiger partial charge >= 0.3 is 17.9 Å². The van der Waals surface area contributed by atoms with Gasteiger partial charge in [-0.2, -0.15) is 0 Å². The molecule has 0 aromatic heterocycles. The monoisotopic (exact) mass is 919 g/mol. The fourth-order valence-electron chi connectivity index (χ4n) is 9.10. The lowest BCUT2D eigenvalue weighted by atomic mass is 10.0. The van der Waals surface area contributed by atoms with Crippen LogP contribution in [0.4, 0.5) is 0 Å². The number of esters is 3. The van der Waals surface area contributed by atoms with Crippen LogP contribution in [0.3, 0.4) is 0 Å². The van der Waals surface area contributed by atoms with Gasteiger partial charge in [-0.25, -0.2) is 0 Å². The van der Waals surface area contributed by atoms with E-state index in [4.69, 9.17) is 14.2 Å². The summed E-state index contributed by atoms with van der Waals surface area (Å²) in [5.41, 5.74) is 0. The van der Waals surface area contributed by atoms with Crippen LogP contribution >= 0.6 is 0 Å². The molecule has 0 aromatic rings. The molecule has 0 rings (SSSR count). The highest BCUT2D eigenvalue weighted by Gasteiger charge is 2.19. The topological polar surface area (TPSA) is 78.9 Å². The summed E-state index contributed by atoms with van der Waals surface area (Å²) >= 11 is 0. The van der Waals surface area contributed by atoms with E-state index in [-0.39, 0.29) is 31.1 Å². The summed E-state index contributed by atoms with van der Waals surface area (Å²) in [6.45, 7) is 9.06. The van der Waals surface area contributed by atoms with Crippen molar-refractivity contribution < 1.29 is 28.6 Å². The summed E-state index contributed by atoms with van der Waals surface area (Å²) in [4.78, 5) is 38.1. The minimum Gasteiger partial charge on any atom is -0.462 e. The van der Waals surface area contributed by atoms with E-state index in [0.717, 1.165) is 63.7 Å². The lowest BCUT2D eigenvalue weighted by Crippen LogP contribution is -2.30. The molecule has 386 valence electrons. The van der Waals surface area contributed by atoms with Crippen LogP contribution in [0.15, 0.2) is 0 Å². The first-order valence-corrected chi connectivity index (χ1v) is 29.4. The van der Waals surface area contributed by atoms with Crippen LogP contribution in [-0.2, 0) is 28.6 Å². The number of hydrogen-bond donors (Lipinski definition) is 0. The van der Waals surface area contributed by atoms with E-state index in [1.807, 2.05) is 0 Å². The SMILES string of the molecule is CCCCCCCCCCCCCCCCCCCCC(=O)O[C@H](COC(=O)CCCCCCCCCCCCCCCCC)COC(=O)CCCCCCCCCCCCCC(C)C. The second-order valence-electron chi connectivity index (χ2n) is 20.8.